The van der Waals surface area contributed by atoms with Crippen molar-refractivity contribution < 1.29 is 14.6 Å². The second-order valence-corrected chi connectivity index (χ2v) is 6.46. The van der Waals surface area contributed by atoms with Crippen LogP contribution in [0.25, 0.3) is 0 Å². The molecule has 1 fully saturated rings. The predicted molar refractivity (Wildman–Crippen MR) is 79.2 cm³/mol. The van der Waals surface area contributed by atoms with E-state index in [0.717, 1.165) is 48.9 Å². The number of aliphatic carboxylic acids is 1. The molecule has 0 aromatic heterocycles. The van der Waals surface area contributed by atoms with Crippen molar-refractivity contribution >= 4 is 21.9 Å². The summed E-state index contributed by atoms with van der Waals surface area (Å²) < 4.78 is 6.81. The first-order valence-corrected chi connectivity index (χ1v) is 7.86. The molecule has 5 heteroatoms. The van der Waals surface area contributed by atoms with E-state index in [1.165, 1.54) is 11.1 Å². The lowest BCUT2D eigenvalue weighted by Gasteiger charge is -2.29. The Morgan fingerprint density at radius 1 is 1.45 bits per heavy atom. The molecular formula is C15H18BrNO3. The molecule has 4 nitrogen and oxygen atoms in total. The van der Waals surface area contributed by atoms with E-state index in [2.05, 4.69) is 33.4 Å². The number of carboxylic acid groups (broad SMARTS) is 1. The Kier molecular flexibility index (Phi) is 3.98. The molecule has 108 valence electrons. The van der Waals surface area contributed by atoms with Crippen molar-refractivity contribution in [3.63, 3.8) is 0 Å². The number of carboxylic acids is 1. The quantitative estimate of drug-likeness (QED) is 0.888. The van der Waals surface area contributed by atoms with Crippen molar-refractivity contribution in [1.29, 1.82) is 0 Å². The van der Waals surface area contributed by atoms with Gasteiger partial charge in [-0.25, -0.2) is 0 Å². The average molecular weight is 340 g/mol. The summed E-state index contributed by atoms with van der Waals surface area (Å²) in [5, 5.41) is 12.4. The highest BCUT2D eigenvalue weighted by atomic mass is 79.9. The molecule has 0 saturated carbocycles. The summed E-state index contributed by atoms with van der Waals surface area (Å²) in [7, 11) is 0. The molecule has 1 aromatic carbocycles. The second kappa shape index (κ2) is 5.74. The van der Waals surface area contributed by atoms with Crippen LogP contribution >= 0.6 is 15.9 Å². The average Bonchev–Trinajstić information content (AvgIpc) is 2.87. The standard InChI is InChI=1S/C15H18BrNO3/c16-11-6-9-4-5-20-14(9)10(7-11)8-12-2-1-3-13(17-12)15(18)19/h6-7,12-13,17H,1-5,8H2,(H,18,19). The molecule has 2 atom stereocenters. The zero-order valence-corrected chi connectivity index (χ0v) is 12.8. The molecule has 1 aromatic rings. The number of ether oxygens (including phenoxy) is 1. The molecule has 2 unspecified atom stereocenters. The highest BCUT2D eigenvalue weighted by Crippen LogP contribution is 2.34. The van der Waals surface area contributed by atoms with Gasteiger partial charge in [0, 0.05) is 16.9 Å². The van der Waals surface area contributed by atoms with E-state index in [1.807, 2.05) is 0 Å². The smallest absolute Gasteiger partial charge is 0.320 e. The van der Waals surface area contributed by atoms with Crippen LogP contribution in [0.5, 0.6) is 5.75 Å². The minimum atomic E-state index is -0.745. The van der Waals surface area contributed by atoms with E-state index in [4.69, 9.17) is 9.84 Å². The third-order valence-corrected chi connectivity index (χ3v) is 4.53. The van der Waals surface area contributed by atoms with Gasteiger partial charge in [-0.1, -0.05) is 15.9 Å². The fourth-order valence-corrected chi connectivity index (χ4v) is 3.69. The first-order chi connectivity index (χ1) is 9.63. The minimum Gasteiger partial charge on any atom is -0.493 e. The molecule has 20 heavy (non-hydrogen) atoms. The molecule has 0 spiro atoms. The molecule has 3 rings (SSSR count). The van der Waals surface area contributed by atoms with Crippen LogP contribution in [-0.2, 0) is 17.6 Å². The maximum Gasteiger partial charge on any atom is 0.320 e. The summed E-state index contributed by atoms with van der Waals surface area (Å²) in [5.41, 5.74) is 2.43. The number of halogens is 1. The van der Waals surface area contributed by atoms with Crippen LogP contribution in [0, 0.1) is 0 Å². The van der Waals surface area contributed by atoms with E-state index in [9.17, 15) is 4.79 Å². The number of carbonyl (C=O) groups is 1. The summed E-state index contributed by atoms with van der Waals surface area (Å²) in [4.78, 5) is 11.1. The first-order valence-electron chi connectivity index (χ1n) is 7.06. The first kappa shape index (κ1) is 13.9. The molecule has 2 N–H and O–H groups in total. The summed E-state index contributed by atoms with van der Waals surface area (Å²) in [5.74, 6) is 0.262. The van der Waals surface area contributed by atoms with Gasteiger partial charge in [0.15, 0.2) is 0 Å². The number of fused-ring (bicyclic) bond motifs is 1. The van der Waals surface area contributed by atoms with Crippen LogP contribution in [0.15, 0.2) is 16.6 Å². The van der Waals surface area contributed by atoms with Crippen LogP contribution in [-0.4, -0.2) is 29.8 Å². The molecule has 0 radical (unpaired) electrons. The fraction of sp³-hybridized carbons (Fsp3) is 0.533. The van der Waals surface area contributed by atoms with Crippen molar-refractivity contribution in [2.24, 2.45) is 0 Å². The highest BCUT2D eigenvalue weighted by molar-refractivity contribution is 9.10. The Labute approximate surface area is 126 Å². The van der Waals surface area contributed by atoms with Gasteiger partial charge in [0.05, 0.1) is 6.61 Å². The van der Waals surface area contributed by atoms with Gasteiger partial charge in [-0.2, -0.15) is 0 Å². The van der Waals surface area contributed by atoms with E-state index >= 15 is 0 Å². The molecule has 2 aliphatic heterocycles. The Balaban J connectivity index is 1.76. The highest BCUT2D eigenvalue weighted by Gasteiger charge is 2.27. The summed E-state index contributed by atoms with van der Waals surface area (Å²) in [6, 6.07) is 4.01. The van der Waals surface area contributed by atoms with Gasteiger partial charge in [-0.05, 0) is 48.9 Å². The van der Waals surface area contributed by atoms with Crippen LogP contribution in [0.4, 0.5) is 0 Å². The van der Waals surface area contributed by atoms with E-state index in [0.29, 0.717) is 0 Å². The van der Waals surface area contributed by atoms with Crippen molar-refractivity contribution in [3.05, 3.63) is 27.7 Å². The molecule has 0 bridgehead atoms. The number of hydrogen-bond acceptors (Lipinski definition) is 3. The van der Waals surface area contributed by atoms with Crippen molar-refractivity contribution in [3.8, 4) is 5.75 Å². The number of nitrogens with one attached hydrogen (secondary N) is 1. The SMILES string of the molecule is O=C(O)C1CCCC(Cc2cc(Br)cc3c2OCC3)N1. The van der Waals surface area contributed by atoms with Crippen LogP contribution in [0.1, 0.15) is 30.4 Å². The van der Waals surface area contributed by atoms with Crippen molar-refractivity contribution in [2.75, 3.05) is 6.61 Å². The zero-order chi connectivity index (χ0) is 14.1. The van der Waals surface area contributed by atoms with Crippen LogP contribution < -0.4 is 10.1 Å². The van der Waals surface area contributed by atoms with Gasteiger partial charge in [0.25, 0.3) is 0 Å². The van der Waals surface area contributed by atoms with Gasteiger partial charge in [-0.3, -0.25) is 4.79 Å². The number of piperidine rings is 1. The Hall–Kier alpha value is -1.07. The monoisotopic (exact) mass is 339 g/mol. The maximum atomic E-state index is 11.1. The Morgan fingerprint density at radius 2 is 2.30 bits per heavy atom. The number of hydrogen-bond donors (Lipinski definition) is 2. The van der Waals surface area contributed by atoms with E-state index in [1.54, 1.807) is 0 Å². The zero-order valence-electron chi connectivity index (χ0n) is 11.2. The van der Waals surface area contributed by atoms with Gasteiger partial charge in [0.2, 0.25) is 0 Å². The molecule has 2 heterocycles. The second-order valence-electron chi connectivity index (χ2n) is 5.54. The van der Waals surface area contributed by atoms with E-state index in [-0.39, 0.29) is 6.04 Å². The molecular weight excluding hydrogens is 322 g/mol. The van der Waals surface area contributed by atoms with Crippen molar-refractivity contribution in [2.45, 2.75) is 44.2 Å². The van der Waals surface area contributed by atoms with Gasteiger partial charge < -0.3 is 15.2 Å². The lowest BCUT2D eigenvalue weighted by atomic mass is 9.93. The van der Waals surface area contributed by atoms with Crippen LogP contribution in [0.3, 0.4) is 0 Å². The molecule has 1 saturated heterocycles. The predicted octanol–water partition coefficient (Wildman–Crippen LogP) is 2.52. The van der Waals surface area contributed by atoms with Crippen molar-refractivity contribution in [1.82, 2.24) is 5.32 Å². The molecule has 2 aliphatic rings. The molecule has 0 amide bonds. The number of benzene rings is 1. The van der Waals surface area contributed by atoms with Gasteiger partial charge in [-0.15, -0.1) is 0 Å². The van der Waals surface area contributed by atoms with Crippen LogP contribution in [0.2, 0.25) is 0 Å². The van der Waals surface area contributed by atoms with Gasteiger partial charge in [0.1, 0.15) is 11.8 Å². The third kappa shape index (κ3) is 2.83. The largest absolute Gasteiger partial charge is 0.493 e. The Morgan fingerprint density at radius 3 is 3.10 bits per heavy atom. The number of rotatable bonds is 3. The Bertz CT molecular complexity index is 532. The fourth-order valence-electron chi connectivity index (χ4n) is 3.14. The topological polar surface area (TPSA) is 58.6 Å². The summed E-state index contributed by atoms with van der Waals surface area (Å²) in [6.45, 7) is 0.745. The third-order valence-electron chi connectivity index (χ3n) is 4.07. The van der Waals surface area contributed by atoms with E-state index < -0.39 is 12.0 Å². The normalized spacial score (nSPS) is 25.1. The summed E-state index contributed by atoms with van der Waals surface area (Å²) >= 11 is 3.55. The maximum absolute atomic E-state index is 11.1. The summed E-state index contributed by atoms with van der Waals surface area (Å²) in [6.07, 6.45) is 4.48. The van der Waals surface area contributed by atoms with Gasteiger partial charge >= 0.3 is 5.97 Å². The lowest BCUT2D eigenvalue weighted by Crippen LogP contribution is -2.47. The lowest BCUT2D eigenvalue weighted by molar-refractivity contribution is -0.140. The molecule has 0 aliphatic carbocycles. The minimum absolute atomic E-state index is 0.215.